The predicted molar refractivity (Wildman–Crippen MR) is 69.0 cm³/mol. The topological polar surface area (TPSA) is 57.7 Å². The van der Waals surface area contributed by atoms with Crippen molar-refractivity contribution in [2.45, 2.75) is 26.3 Å². The maximum Gasteiger partial charge on any atom is 0.334 e. The number of hydrogen-bond acceptors (Lipinski definition) is 3. The first-order valence-electron chi connectivity index (χ1n) is 6.36. The fourth-order valence-corrected chi connectivity index (χ4v) is 1.97. The Morgan fingerprint density at radius 3 is 2.21 bits per heavy atom. The highest BCUT2D eigenvalue weighted by Gasteiger charge is 2.43. The van der Waals surface area contributed by atoms with Crippen molar-refractivity contribution in [1.82, 2.24) is 9.80 Å². The number of imide groups is 2. The average molecular weight is 260 g/mol. The zero-order valence-corrected chi connectivity index (χ0v) is 10.8. The first-order chi connectivity index (χ1) is 9.15. The van der Waals surface area contributed by atoms with Gasteiger partial charge >= 0.3 is 17.8 Å². The number of urea groups is 1. The van der Waals surface area contributed by atoms with E-state index in [-0.39, 0.29) is 6.54 Å². The van der Waals surface area contributed by atoms with E-state index in [1.807, 2.05) is 37.3 Å². The van der Waals surface area contributed by atoms with Gasteiger partial charge in [-0.05, 0) is 12.0 Å². The van der Waals surface area contributed by atoms with Crippen molar-refractivity contribution in [2.24, 2.45) is 0 Å². The van der Waals surface area contributed by atoms with E-state index in [0.717, 1.165) is 21.8 Å². The van der Waals surface area contributed by atoms with Gasteiger partial charge in [-0.3, -0.25) is 19.4 Å². The summed E-state index contributed by atoms with van der Waals surface area (Å²) in [6, 6.07) is 8.65. The summed E-state index contributed by atoms with van der Waals surface area (Å²) < 4.78 is 0. The molecule has 0 radical (unpaired) electrons. The van der Waals surface area contributed by atoms with Crippen LogP contribution in [0.15, 0.2) is 30.3 Å². The molecule has 0 unspecified atom stereocenters. The maximum atomic E-state index is 12.0. The van der Waals surface area contributed by atoms with Crippen molar-refractivity contribution >= 4 is 17.8 Å². The van der Waals surface area contributed by atoms with E-state index >= 15 is 0 Å². The minimum atomic E-state index is -0.732. The van der Waals surface area contributed by atoms with Gasteiger partial charge in [-0.2, -0.15) is 0 Å². The highest BCUT2D eigenvalue weighted by atomic mass is 16.2. The van der Waals surface area contributed by atoms with Gasteiger partial charge in [-0.1, -0.05) is 43.7 Å². The van der Waals surface area contributed by atoms with Crippen LogP contribution in [0.2, 0.25) is 0 Å². The number of unbranched alkanes of at least 4 members (excludes halogenated alkanes) is 1. The van der Waals surface area contributed by atoms with Crippen LogP contribution in [0, 0.1) is 0 Å². The third-order valence-electron chi connectivity index (χ3n) is 3.05. The van der Waals surface area contributed by atoms with Crippen molar-refractivity contribution in [1.29, 1.82) is 0 Å². The van der Waals surface area contributed by atoms with Crippen LogP contribution >= 0.6 is 0 Å². The van der Waals surface area contributed by atoms with Gasteiger partial charge in [0.1, 0.15) is 0 Å². The molecule has 5 heteroatoms. The molecule has 1 heterocycles. The molecule has 0 saturated carbocycles. The van der Waals surface area contributed by atoms with Crippen molar-refractivity contribution in [3.63, 3.8) is 0 Å². The second-order valence-corrected chi connectivity index (χ2v) is 4.47. The summed E-state index contributed by atoms with van der Waals surface area (Å²) in [5.41, 5.74) is 0.828. The first-order valence-corrected chi connectivity index (χ1v) is 6.36. The largest absolute Gasteiger partial charge is 0.334 e. The zero-order chi connectivity index (χ0) is 13.8. The standard InChI is InChI=1S/C14H16N2O3/c1-2-3-9-15-12(17)13(18)16(14(15)19)10-11-7-5-4-6-8-11/h4-8H,2-3,9-10H2,1H3. The zero-order valence-electron chi connectivity index (χ0n) is 10.8. The molecule has 5 nitrogen and oxygen atoms in total. The van der Waals surface area contributed by atoms with Gasteiger partial charge in [0.2, 0.25) is 0 Å². The lowest BCUT2D eigenvalue weighted by Crippen LogP contribution is -2.33. The summed E-state index contributed by atoms with van der Waals surface area (Å²) >= 11 is 0. The predicted octanol–water partition coefficient (Wildman–Crippen LogP) is 1.78. The Bertz CT molecular complexity index is 499. The molecule has 4 amide bonds. The SMILES string of the molecule is CCCCN1C(=O)C(=O)N(Cc2ccccc2)C1=O. The van der Waals surface area contributed by atoms with Crippen molar-refractivity contribution in [3.05, 3.63) is 35.9 Å². The van der Waals surface area contributed by atoms with E-state index < -0.39 is 17.8 Å². The molecule has 0 bridgehead atoms. The lowest BCUT2D eigenvalue weighted by molar-refractivity contribution is -0.143. The average Bonchev–Trinajstić information content (AvgIpc) is 2.62. The Balaban J connectivity index is 2.12. The van der Waals surface area contributed by atoms with Gasteiger partial charge in [0.25, 0.3) is 0 Å². The van der Waals surface area contributed by atoms with Crippen LogP contribution < -0.4 is 0 Å². The molecule has 1 fully saturated rings. The quantitative estimate of drug-likeness (QED) is 0.599. The number of nitrogens with zero attached hydrogens (tertiary/aromatic N) is 2. The first kappa shape index (κ1) is 13.3. The third kappa shape index (κ3) is 2.65. The molecule has 0 atom stereocenters. The molecule has 1 aliphatic rings. The molecular weight excluding hydrogens is 244 g/mol. The summed E-state index contributed by atoms with van der Waals surface area (Å²) in [6.07, 6.45) is 1.58. The van der Waals surface area contributed by atoms with Gasteiger partial charge in [-0.15, -0.1) is 0 Å². The molecule has 0 N–H and O–H groups in total. The summed E-state index contributed by atoms with van der Waals surface area (Å²) in [5.74, 6) is -1.45. The van der Waals surface area contributed by atoms with E-state index in [1.165, 1.54) is 0 Å². The van der Waals surface area contributed by atoms with E-state index in [9.17, 15) is 14.4 Å². The van der Waals surface area contributed by atoms with E-state index in [0.29, 0.717) is 13.0 Å². The number of amides is 4. The fourth-order valence-electron chi connectivity index (χ4n) is 1.97. The normalized spacial score (nSPS) is 15.5. The van der Waals surface area contributed by atoms with Gasteiger partial charge in [0, 0.05) is 6.54 Å². The molecule has 1 aliphatic heterocycles. The van der Waals surface area contributed by atoms with Crippen LogP contribution in [-0.4, -0.2) is 34.2 Å². The Hall–Kier alpha value is -2.17. The van der Waals surface area contributed by atoms with E-state index in [1.54, 1.807) is 0 Å². The van der Waals surface area contributed by atoms with Gasteiger partial charge in [0.15, 0.2) is 0 Å². The Morgan fingerprint density at radius 2 is 1.58 bits per heavy atom. The highest BCUT2D eigenvalue weighted by molar-refractivity contribution is 6.44. The second kappa shape index (κ2) is 5.65. The number of hydrogen-bond donors (Lipinski definition) is 0. The molecule has 1 aromatic rings. The van der Waals surface area contributed by atoms with Crippen LogP contribution in [0.1, 0.15) is 25.3 Å². The molecule has 1 saturated heterocycles. The number of rotatable bonds is 5. The van der Waals surface area contributed by atoms with Crippen LogP contribution in [0.5, 0.6) is 0 Å². The molecule has 0 aromatic heterocycles. The molecule has 19 heavy (non-hydrogen) atoms. The summed E-state index contributed by atoms with van der Waals surface area (Å²) in [5, 5.41) is 0. The lowest BCUT2D eigenvalue weighted by Gasteiger charge is -2.15. The van der Waals surface area contributed by atoms with Crippen LogP contribution in [0.4, 0.5) is 4.79 Å². The molecule has 0 aliphatic carbocycles. The van der Waals surface area contributed by atoms with Gasteiger partial charge in [0.05, 0.1) is 6.54 Å². The molecule has 2 rings (SSSR count). The minimum absolute atomic E-state index is 0.146. The molecular formula is C14H16N2O3. The summed E-state index contributed by atoms with van der Waals surface area (Å²) in [4.78, 5) is 37.6. The second-order valence-electron chi connectivity index (χ2n) is 4.47. The Labute approximate surface area is 111 Å². The lowest BCUT2D eigenvalue weighted by atomic mass is 10.2. The Kier molecular flexibility index (Phi) is 3.94. The Morgan fingerprint density at radius 1 is 0.947 bits per heavy atom. The smallest absolute Gasteiger partial charge is 0.263 e. The van der Waals surface area contributed by atoms with Crippen molar-refractivity contribution < 1.29 is 14.4 Å². The minimum Gasteiger partial charge on any atom is -0.263 e. The van der Waals surface area contributed by atoms with Gasteiger partial charge in [-0.25, -0.2) is 4.79 Å². The fraction of sp³-hybridized carbons (Fsp3) is 0.357. The summed E-state index contributed by atoms with van der Waals surface area (Å²) in [6.45, 7) is 2.42. The molecule has 100 valence electrons. The third-order valence-corrected chi connectivity index (χ3v) is 3.05. The van der Waals surface area contributed by atoms with Crippen LogP contribution in [-0.2, 0) is 16.1 Å². The highest BCUT2D eigenvalue weighted by Crippen LogP contribution is 2.16. The summed E-state index contributed by atoms with van der Waals surface area (Å²) in [7, 11) is 0. The number of carbonyl (C=O) groups is 3. The monoisotopic (exact) mass is 260 g/mol. The van der Waals surface area contributed by atoms with Crippen LogP contribution in [0.25, 0.3) is 0 Å². The van der Waals surface area contributed by atoms with E-state index in [2.05, 4.69) is 0 Å². The van der Waals surface area contributed by atoms with Crippen molar-refractivity contribution in [3.8, 4) is 0 Å². The van der Waals surface area contributed by atoms with Crippen molar-refractivity contribution in [2.75, 3.05) is 6.54 Å². The van der Waals surface area contributed by atoms with E-state index in [4.69, 9.17) is 0 Å². The maximum absolute atomic E-state index is 12.0. The molecule has 0 spiro atoms. The molecule has 1 aromatic carbocycles. The van der Waals surface area contributed by atoms with Crippen LogP contribution in [0.3, 0.4) is 0 Å². The van der Waals surface area contributed by atoms with Gasteiger partial charge < -0.3 is 0 Å². The number of carbonyl (C=O) groups excluding carboxylic acids is 3. The number of benzene rings is 1.